The highest BCUT2D eigenvalue weighted by molar-refractivity contribution is 9.10. The average Bonchev–Trinajstić information content (AvgIpc) is 2.46. The van der Waals surface area contributed by atoms with E-state index in [0.717, 1.165) is 11.0 Å². The highest BCUT2D eigenvalue weighted by Crippen LogP contribution is 2.20. The largest absolute Gasteiger partial charge is 0.366 e. The Kier molecular flexibility index (Phi) is 7.44. The van der Waals surface area contributed by atoms with Crippen molar-refractivity contribution in [1.29, 1.82) is 0 Å². The van der Waals surface area contributed by atoms with Gasteiger partial charge in [-0.2, -0.15) is 8.42 Å². The van der Waals surface area contributed by atoms with Crippen molar-refractivity contribution in [3.63, 3.8) is 0 Å². The first kappa shape index (κ1) is 19.4. The number of carbonyl (C=O) groups is 1. The fraction of sp³-hybridized carbons (Fsp3) is 0. The van der Waals surface area contributed by atoms with Gasteiger partial charge in [0.1, 0.15) is 0 Å². The molecule has 0 atom stereocenters. The van der Waals surface area contributed by atoms with Crippen LogP contribution in [0.5, 0.6) is 0 Å². The first-order chi connectivity index (χ1) is 10.7. The van der Waals surface area contributed by atoms with E-state index in [1.54, 1.807) is 42.5 Å². The molecule has 2 aromatic carbocycles. The van der Waals surface area contributed by atoms with Crippen LogP contribution in [0.4, 0.5) is 0 Å². The van der Waals surface area contributed by atoms with Crippen LogP contribution in [0.2, 0.25) is 5.02 Å². The average molecular weight is 419 g/mol. The fourth-order valence-corrected chi connectivity index (χ4v) is 2.63. The molecule has 0 aromatic heterocycles. The van der Waals surface area contributed by atoms with Crippen LogP contribution in [0.3, 0.4) is 0 Å². The van der Waals surface area contributed by atoms with Crippen molar-refractivity contribution in [1.82, 2.24) is 0 Å². The van der Waals surface area contributed by atoms with Gasteiger partial charge in [0, 0.05) is 9.50 Å². The maximum absolute atomic E-state index is 10.7. The zero-order valence-corrected chi connectivity index (χ0v) is 14.8. The lowest BCUT2D eigenvalue weighted by Gasteiger charge is -1.98. The summed E-state index contributed by atoms with van der Waals surface area (Å²) in [6.45, 7) is 0. The van der Waals surface area contributed by atoms with E-state index in [4.69, 9.17) is 21.9 Å². The monoisotopic (exact) mass is 417 g/mol. The van der Waals surface area contributed by atoms with Crippen LogP contribution >= 0.6 is 27.5 Å². The van der Waals surface area contributed by atoms with Crippen LogP contribution in [-0.4, -0.2) is 18.9 Å². The van der Waals surface area contributed by atoms with Crippen molar-refractivity contribution in [2.45, 2.75) is 0 Å². The molecule has 0 radical (unpaired) electrons. The van der Waals surface area contributed by atoms with Gasteiger partial charge in [-0.1, -0.05) is 41.9 Å². The van der Waals surface area contributed by atoms with Gasteiger partial charge in [-0.25, -0.2) is 0 Å². The Bertz CT molecular complexity index is 807. The normalized spacial score (nSPS) is 10.9. The minimum Gasteiger partial charge on any atom is -0.366 e. The molecule has 0 bridgehead atoms. The number of hydrogen-bond acceptors (Lipinski definition) is 3. The van der Waals surface area contributed by atoms with Gasteiger partial charge in [-0.15, -0.1) is 0 Å². The van der Waals surface area contributed by atoms with E-state index >= 15 is 0 Å². The summed E-state index contributed by atoms with van der Waals surface area (Å²) in [6.07, 6.45) is 1.33. The van der Waals surface area contributed by atoms with Gasteiger partial charge in [-0.3, -0.25) is 9.35 Å². The molecular formula is C15H13BrClNO4S. The third-order valence-electron chi connectivity index (χ3n) is 2.43. The third kappa shape index (κ3) is 7.94. The number of benzene rings is 2. The molecule has 0 aliphatic carbocycles. The van der Waals surface area contributed by atoms with E-state index < -0.39 is 16.0 Å². The van der Waals surface area contributed by atoms with E-state index in [1.807, 2.05) is 6.07 Å². The molecule has 122 valence electrons. The minimum absolute atomic E-state index is 0.439. The summed E-state index contributed by atoms with van der Waals surface area (Å²) < 4.78 is 29.5. The summed E-state index contributed by atoms with van der Waals surface area (Å²) >= 11 is 8.80. The number of primary amides is 1. The van der Waals surface area contributed by atoms with Crippen molar-refractivity contribution in [2.75, 3.05) is 0 Å². The standard InChI is InChI=1S/C8H8O3S.C7H5BrClNO/c9-12(10,11)7-6-8-4-2-1-3-5-8;8-6-3-4(9)1-2-5(6)7(10)11/h1-7H,(H,9,10,11);1-3H,(H2,10,11). The highest BCUT2D eigenvalue weighted by Gasteiger charge is 2.04. The van der Waals surface area contributed by atoms with E-state index in [-0.39, 0.29) is 0 Å². The third-order valence-corrected chi connectivity index (χ3v) is 3.80. The molecule has 5 nitrogen and oxygen atoms in total. The van der Waals surface area contributed by atoms with Gasteiger partial charge in [0.05, 0.1) is 11.0 Å². The molecular weight excluding hydrogens is 406 g/mol. The molecule has 0 fully saturated rings. The molecule has 0 saturated heterocycles. The summed E-state index contributed by atoms with van der Waals surface area (Å²) in [5.74, 6) is -0.464. The van der Waals surface area contributed by atoms with Gasteiger partial charge in [0.15, 0.2) is 0 Å². The molecule has 1 amide bonds. The van der Waals surface area contributed by atoms with E-state index in [1.165, 1.54) is 6.08 Å². The summed E-state index contributed by atoms with van der Waals surface area (Å²) in [4.78, 5) is 10.7. The Labute approximate surface area is 147 Å². The predicted octanol–water partition coefficient (Wildman–Crippen LogP) is 3.75. The Morgan fingerprint density at radius 1 is 1.17 bits per heavy atom. The van der Waals surface area contributed by atoms with Gasteiger partial charge in [0.25, 0.3) is 10.1 Å². The van der Waals surface area contributed by atoms with Crippen LogP contribution in [0.25, 0.3) is 6.08 Å². The maximum Gasteiger partial charge on any atom is 0.287 e. The van der Waals surface area contributed by atoms with E-state index in [0.29, 0.717) is 15.1 Å². The molecule has 0 heterocycles. The first-order valence-electron chi connectivity index (χ1n) is 6.14. The number of rotatable bonds is 3. The summed E-state index contributed by atoms with van der Waals surface area (Å²) in [6, 6.07) is 13.7. The number of nitrogens with two attached hydrogens (primary N) is 1. The van der Waals surface area contributed by atoms with Gasteiger partial charge in [0.2, 0.25) is 5.91 Å². The number of amides is 1. The molecule has 0 aliphatic heterocycles. The Balaban J connectivity index is 0.000000231. The Morgan fingerprint density at radius 3 is 2.26 bits per heavy atom. The van der Waals surface area contributed by atoms with Crippen molar-refractivity contribution < 1.29 is 17.8 Å². The van der Waals surface area contributed by atoms with Crippen molar-refractivity contribution in [3.05, 3.63) is 74.6 Å². The lowest BCUT2D eigenvalue weighted by Crippen LogP contribution is -2.11. The zero-order valence-electron chi connectivity index (χ0n) is 11.7. The Hall–Kier alpha value is -1.67. The van der Waals surface area contributed by atoms with Crippen LogP contribution in [0.1, 0.15) is 15.9 Å². The molecule has 8 heteroatoms. The minimum atomic E-state index is -4.00. The molecule has 0 unspecified atom stereocenters. The van der Waals surface area contributed by atoms with Crippen LogP contribution < -0.4 is 5.73 Å². The maximum atomic E-state index is 10.7. The van der Waals surface area contributed by atoms with Crippen LogP contribution in [0.15, 0.2) is 58.4 Å². The van der Waals surface area contributed by atoms with Crippen molar-refractivity contribution >= 4 is 49.6 Å². The predicted molar refractivity (Wildman–Crippen MR) is 94.7 cm³/mol. The second kappa shape index (κ2) is 8.83. The lowest BCUT2D eigenvalue weighted by atomic mass is 10.2. The van der Waals surface area contributed by atoms with Gasteiger partial charge in [-0.05, 0) is 45.8 Å². The van der Waals surface area contributed by atoms with Crippen LogP contribution in [-0.2, 0) is 10.1 Å². The first-order valence-corrected chi connectivity index (χ1v) is 8.82. The quantitative estimate of drug-likeness (QED) is 0.742. The topological polar surface area (TPSA) is 97.5 Å². The molecule has 2 aromatic rings. The molecule has 0 spiro atoms. The summed E-state index contributed by atoms with van der Waals surface area (Å²) in [5.41, 5.74) is 6.22. The summed E-state index contributed by atoms with van der Waals surface area (Å²) in [7, 11) is -4.00. The fourth-order valence-electron chi connectivity index (χ4n) is 1.42. The second-order valence-electron chi connectivity index (χ2n) is 4.22. The molecule has 0 saturated carbocycles. The zero-order chi connectivity index (χ0) is 17.5. The second-order valence-corrected chi connectivity index (χ2v) is 6.81. The lowest BCUT2D eigenvalue weighted by molar-refractivity contribution is 0.0999. The molecule has 23 heavy (non-hydrogen) atoms. The molecule has 2 rings (SSSR count). The van der Waals surface area contributed by atoms with Crippen LogP contribution in [0, 0.1) is 0 Å². The SMILES string of the molecule is NC(=O)c1ccc(Cl)cc1Br.O=S(=O)(O)C=Cc1ccccc1. The highest BCUT2D eigenvalue weighted by atomic mass is 79.9. The molecule has 0 aliphatic rings. The van der Waals surface area contributed by atoms with E-state index in [9.17, 15) is 13.2 Å². The van der Waals surface area contributed by atoms with Gasteiger partial charge < -0.3 is 5.73 Å². The van der Waals surface area contributed by atoms with Gasteiger partial charge >= 0.3 is 0 Å². The molecule has 3 N–H and O–H groups in total. The van der Waals surface area contributed by atoms with Crippen molar-refractivity contribution in [2.24, 2.45) is 5.73 Å². The summed E-state index contributed by atoms with van der Waals surface area (Å²) in [5, 5.41) is 1.32. The van der Waals surface area contributed by atoms with E-state index in [2.05, 4.69) is 15.9 Å². The Morgan fingerprint density at radius 2 is 1.78 bits per heavy atom. The number of carbonyl (C=O) groups excluding carboxylic acids is 1. The number of hydrogen-bond donors (Lipinski definition) is 2. The smallest absolute Gasteiger partial charge is 0.287 e. The number of halogens is 2. The van der Waals surface area contributed by atoms with Crippen molar-refractivity contribution in [3.8, 4) is 0 Å².